The molecule has 0 aliphatic rings. The summed E-state index contributed by atoms with van der Waals surface area (Å²) in [5.74, 6) is 0.0844. The monoisotopic (exact) mass is 172 g/mol. The van der Waals surface area contributed by atoms with E-state index in [1.54, 1.807) is 6.92 Å². The number of ketones is 1. The second-order valence-corrected chi connectivity index (χ2v) is 2.89. The number of allylic oxidation sites excluding steroid dienone is 1. The molecule has 1 rings (SSSR count). The van der Waals surface area contributed by atoms with Gasteiger partial charge >= 0.3 is 0 Å². The third kappa shape index (κ3) is 2.73. The van der Waals surface area contributed by atoms with Crippen molar-refractivity contribution in [2.24, 2.45) is 0 Å². The third-order valence-electron chi connectivity index (χ3n) is 1.89. The molecule has 0 atom stereocenters. The Morgan fingerprint density at radius 3 is 2.54 bits per heavy atom. The SMILES string of the molecule is C=C=C(C)C(=O)Cc1ccccc1. The third-order valence-corrected chi connectivity index (χ3v) is 1.89. The first-order valence-corrected chi connectivity index (χ1v) is 4.18. The fraction of sp³-hybridized carbons (Fsp3) is 0.167. The average Bonchev–Trinajstić information content (AvgIpc) is 2.18. The fourth-order valence-electron chi connectivity index (χ4n) is 1.01. The summed E-state index contributed by atoms with van der Waals surface area (Å²) in [5.41, 5.74) is 4.23. The van der Waals surface area contributed by atoms with Gasteiger partial charge in [-0.25, -0.2) is 0 Å². The van der Waals surface area contributed by atoms with Gasteiger partial charge in [0.2, 0.25) is 0 Å². The molecule has 0 saturated heterocycles. The molecule has 66 valence electrons. The number of hydrogen-bond donors (Lipinski definition) is 0. The van der Waals surface area contributed by atoms with Gasteiger partial charge in [-0.15, -0.1) is 5.73 Å². The van der Waals surface area contributed by atoms with Crippen LogP contribution in [-0.4, -0.2) is 5.78 Å². The predicted octanol–water partition coefficient (Wildman–Crippen LogP) is 2.53. The maximum atomic E-state index is 11.4. The maximum Gasteiger partial charge on any atom is 0.170 e. The van der Waals surface area contributed by atoms with E-state index in [-0.39, 0.29) is 5.78 Å². The van der Waals surface area contributed by atoms with Crippen LogP contribution in [0.4, 0.5) is 0 Å². The molecule has 1 heteroatoms. The van der Waals surface area contributed by atoms with Crippen molar-refractivity contribution in [1.29, 1.82) is 0 Å². The second-order valence-electron chi connectivity index (χ2n) is 2.89. The normalized spacial score (nSPS) is 9.00. The summed E-state index contributed by atoms with van der Waals surface area (Å²) < 4.78 is 0. The molecule has 0 aromatic heterocycles. The quantitative estimate of drug-likeness (QED) is 0.505. The second kappa shape index (κ2) is 4.44. The van der Waals surface area contributed by atoms with Crippen LogP contribution in [0.15, 0.2) is 48.2 Å². The van der Waals surface area contributed by atoms with Gasteiger partial charge in [-0.05, 0) is 12.5 Å². The Hall–Kier alpha value is -1.59. The van der Waals surface area contributed by atoms with Crippen molar-refractivity contribution >= 4 is 5.78 Å². The number of rotatable bonds is 3. The Balaban J connectivity index is 2.71. The lowest BCUT2D eigenvalue weighted by Crippen LogP contribution is -2.02. The lowest BCUT2D eigenvalue weighted by molar-refractivity contribution is -0.114. The molecule has 13 heavy (non-hydrogen) atoms. The highest BCUT2D eigenvalue weighted by Gasteiger charge is 2.03. The van der Waals surface area contributed by atoms with Crippen LogP contribution < -0.4 is 0 Å². The molecule has 0 amide bonds. The van der Waals surface area contributed by atoms with Gasteiger partial charge in [0.05, 0.1) is 0 Å². The van der Waals surface area contributed by atoms with Gasteiger partial charge in [0.25, 0.3) is 0 Å². The van der Waals surface area contributed by atoms with Gasteiger partial charge in [-0.2, -0.15) is 0 Å². The molecule has 0 fully saturated rings. The van der Waals surface area contributed by atoms with Crippen LogP contribution in [0, 0.1) is 0 Å². The minimum atomic E-state index is 0.0844. The largest absolute Gasteiger partial charge is 0.293 e. The molecule has 0 saturated carbocycles. The van der Waals surface area contributed by atoms with E-state index < -0.39 is 0 Å². The molecule has 0 heterocycles. The molecule has 1 aromatic rings. The van der Waals surface area contributed by atoms with Crippen molar-refractivity contribution in [3.63, 3.8) is 0 Å². The summed E-state index contributed by atoms with van der Waals surface area (Å²) in [6.07, 6.45) is 0.440. The predicted molar refractivity (Wildman–Crippen MR) is 53.5 cm³/mol. The standard InChI is InChI=1S/C12H12O/c1-3-10(2)12(13)9-11-7-5-4-6-8-11/h4-8H,1,9H2,2H3. The minimum Gasteiger partial charge on any atom is -0.293 e. The molecule has 0 unspecified atom stereocenters. The van der Waals surface area contributed by atoms with Gasteiger partial charge in [0.1, 0.15) is 0 Å². The van der Waals surface area contributed by atoms with Crippen LogP contribution >= 0.6 is 0 Å². The van der Waals surface area contributed by atoms with Crippen molar-refractivity contribution in [3.05, 3.63) is 53.8 Å². The summed E-state index contributed by atoms with van der Waals surface area (Å²) in [6, 6.07) is 9.66. The number of carbonyl (C=O) groups excluding carboxylic acids is 1. The molecule has 1 nitrogen and oxygen atoms in total. The van der Waals surface area contributed by atoms with E-state index in [9.17, 15) is 4.79 Å². The zero-order valence-electron chi connectivity index (χ0n) is 7.71. The molecular formula is C12H12O. The molecule has 0 bridgehead atoms. The summed E-state index contributed by atoms with van der Waals surface area (Å²) in [4.78, 5) is 11.4. The lowest BCUT2D eigenvalue weighted by atomic mass is 10.1. The van der Waals surface area contributed by atoms with Crippen molar-refractivity contribution in [1.82, 2.24) is 0 Å². The van der Waals surface area contributed by atoms with Crippen LogP contribution in [0.5, 0.6) is 0 Å². The fourth-order valence-corrected chi connectivity index (χ4v) is 1.01. The van der Waals surface area contributed by atoms with E-state index >= 15 is 0 Å². The van der Waals surface area contributed by atoms with E-state index in [2.05, 4.69) is 12.3 Å². The maximum absolute atomic E-state index is 11.4. The van der Waals surface area contributed by atoms with E-state index in [0.29, 0.717) is 12.0 Å². The Labute approximate surface area is 78.4 Å². The number of carbonyl (C=O) groups is 1. The van der Waals surface area contributed by atoms with Crippen LogP contribution in [-0.2, 0) is 11.2 Å². The van der Waals surface area contributed by atoms with Crippen molar-refractivity contribution in [2.45, 2.75) is 13.3 Å². The van der Waals surface area contributed by atoms with Crippen molar-refractivity contribution in [3.8, 4) is 0 Å². The summed E-state index contributed by atoms with van der Waals surface area (Å²) >= 11 is 0. The summed E-state index contributed by atoms with van der Waals surface area (Å²) in [7, 11) is 0. The Morgan fingerprint density at radius 1 is 1.38 bits per heavy atom. The van der Waals surface area contributed by atoms with Gasteiger partial charge in [0, 0.05) is 12.0 Å². The van der Waals surface area contributed by atoms with Crippen molar-refractivity contribution in [2.75, 3.05) is 0 Å². The topological polar surface area (TPSA) is 17.1 Å². The van der Waals surface area contributed by atoms with Gasteiger partial charge in [0.15, 0.2) is 5.78 Å². The molecule has 0 spiro atoms. The van der Waals surface area contributed by atoms with Gasteiger partial charge < -0.3 is 0 Å². The summed E-state index contributed by atoms with van der Waals surface area (Å²) in [6.45, 7) is 5.17. The molecule has 0 radical (unpaired) electrons. The first-order valence-electron chi connectivity index (χ1n) is 4.18. The van der Waals surface area contributed by atoms with E-state index in [0.717, 1.165) is 5.56 Å². The number of Topliss-reactive ketones (excluding diaryl/α,β-unsaturated/α-hetero) is 1. The number of benzene rings is 1. The Bertz CT molecular complexity index is 343. The smallest absolute Gasteiger partial charge is 0.170 e. The van der Waals surface area contributed by atoms with E-state index in [1.165, 1.54) is 0 Å². The molecule has 0 N–H and O–H groups in total. The molecule has 1 aromatic carbocycles. The van der Waals surface area contributed by atoms with E-state index in [4.69, 9.17) is 0 Å². The first kappa shape index (κ1) is 9.50. The average molecular weight is 172 g/mol. The lowest BCUT2D eigenvalue weighted by Gasteiger charge is -1.98. The van der Waals surface area contributed by atoms with Crippen LogP contribution in [0.1, 0.15) is 12.5 Å². The summed E-state index contributed by atoms with van der Waals surface area (Å²) in [5, 5.41) is 0. The molecule has 0 aliphatic heterocycles. The highest BCUT2D eigenvalue weighted by molar-refractivity contribution is 5.95. The van der Waals surface area contributed by atoms with E-state index in [1.807, 2.05) is 30.3 Å². The van der Waals surface area contributed by atoms with Crippen LogP contribution in [0.3, 0.4) is 0 Å². The highest BCUT2D eigenvalue weighted by atomic mass is 16.1. The van der Waals surface area contributed by atoms with Crippen molar-refractivity contribution < 1.29 is 4.79 Å². The number of hydrogen-bond acceptors (Lipinski definition) is 1. The van der Waals surface area contributed by atoms with Crippen LogP contribution in [0.25, 0.3) is 0 Å². The Kier molecular flexibility index (Phi) is 3.24. The highest BCUT2D eigenvalue weighted by Crippen LogP contribution is 2.03. The zero-order valence-corrected chi connectivity index (χ0v) is 7.71. The molecule has 0 aliphatic carbocycles. The first-order chi connectivity index (χ1) is 6.24. The minimum absolute atomic E-state index is 0.0844. The van der Waals surface area contributed by atoms with Crippen LogP contribution in [0.2, 0.25) is 0 Å². The molecular weight excluding hydrogens is 160 g/mol. The zero-order chi connectivity index (χ0) is 9.68. The van der Waals surface area contributed by atoms with Gasteiger partial charge in [-0.3, -0.25) is 4.79 Å². The Morgan fingerprint density at radius 2 is 2.00 bits per heavy atom. The van der Waals surface area contributed by atoms with Gasteiger partial charge in [-0.1, -0.05) is 36.9 Å².